The Balaban J connectivity index is 2.25. The molecule has 86 valence electrons. The van der Waals surface area contributed by atoms with Crippen LogP contribution in [0.1, 0.15) is 4.88 Å². The van der Waals surface area contributed by atoms with E-state index in [0.717, 1.165) is 20.1 Å². The fourth-order valence-electron chi connectivity index (χ4n) is 1.95. The topological polar surface area (TPSA) is 53.4 Å². The number of rotatable bonds is 0. The van der Waals surface area contributed by atoms with Gasteiger partial charge in [0.2, 0.25) is 0 Å². The number of carbonyl (C=O) groups is 1. The number of hydrogen-bond donors (Lipinski definition) is 1. The van der Waals surface area contributed by atoms with Gasteiger partial charge in [-0.15, -0.1) is 11.3 Å². The van der Waals surface area contributed by atoms with E-state index >= 15 is 0 Å². The minimum Gasteiger partial charge on any atom is -0.465 e. The molecule has 0 aliphatic carbocycles. The highest BCUT2D eigenvalue weighted by molar-refractivity contribution is 9.11. The van der Waals surface area contributed by atoms with E-state index in [-0.39, 0.29) is 0 Å². The molecule has 0 saturated carbocycles. The van der Waals surface area contributed by atoms with E-state index < -0.39 is 6.09 Å². The molecule has 1 aromatic carbocycles. The summed E-state index contributed by atoms with van der Waals surface area (Å²) in [6.07, 6.45) is -0.937. The maximum absolute atomic E-state index is 11.2. The van der Waals surface area contributed by atoms with Crippen LogP contribution in [0.4, 0.5) is 10.5 Å². The lowest BCUT2D eigenvalue weighted by molar-refractivity contribution is 0.201. The van der Waals surface area contributed by atoms with Crippen molar-refractivity contribution in [1.29, 1.82) is 0 Å². The van der Waals surface area contributed by atoms with Gasteiger partial charge in [-0.2, -0.15) is 0 Å². The van der Waals surface area contributed by atoms with Gasteiger partial charge in [0.05, 0.1) is 22.8 Å². The molecule has 2 aromatic rings. The molecule has 17 heavy (non-hydrogen) atoms. The molecule has 1 amide bonds. The molecule has 0 radical (unpaired) electrons. The highest BCUT2D eigenvalue weighted by Gasteiger charge is 2.28. The zero-order chi connectivity index (χ0) is 12.0. The van der Waals surface area contributed by atoms with Crippen LogP contribution in [-0.2, 0) is 6.54 Å². The number of benzene rings is 1. The lowest BCUT2D eigenvalue weighted by atomic mass is 10.0. The molecule has 6 heteroatoms. The molecule has 0 bridgehead atoms. The van der Waals surface area contributed by atoms with E-state index in [1.807, 2.05) is 18.2 Å². The van der Waals surface area contributed by atoms with Crippen molar-refractivity contribution >= 4 is 39.0 Å². The molecule has 0 fully saturated rings. The van der Waals surface area contributed by atoms with Gasteiger partial charge in [-0.05, 0) is 22.0 Å². The van der Waals surface area contributed by atoms with E-state index in [9.17, 15) is 9.90 Å². The summed E-state index contributed by atoms with van der Waals surface area (Å²) in [5.74, 6) is 0. The van der Waals surface area contributed by atoms with E-state index in [4.69, 9.17) is 0 Å². The second kappa shape index (κ2) is 3.82. The Morgan fingerprint density at radius 3 is 3.00 bits per heavy atom. The van der Waals surface area contributed by atoms with Crippen molar-refractivity contribution in [2.45, 2.75) is 6.54 Å². The Labute approximate surface area is 110 Å². The van der Waals surface area contributed by atoms with Crippen LogP contribution in [0, 0.1) is 0 Å². The first-order valence-corrected chi connectivity index (χ1v) is 6.53. The number of carboxylic acid groups (broad SMARTS) is 1. The highest BCUT2D eigenvalue weighted by atomic mass is 79.9. The van der Waals surface area contributed by atoms with Gasteiger partial charge in [0.1, 0.15) is 0 Å². The van der Waals surface area contributed by atoms with Gasteiger partial charge in [-0.25, -0.2) is 9.78 Å². The normalized spacial score (nSPS) is 13.1. The number of thiazole rings is 1. The minimum absolute atomic E-state index is 0.366. The highest BCUT2D eigenvalue weighted by Crippen LogP contribution is 2.41. The molecule has 1 aromatic heterocycles. The maximum atomic E-state index is 11.2. The number of nitrogens with zero attached hydrogens (tertiary/aromatic N) is 2. The first-order chi connectivity index (χ1) is 8.16. The van der Waals surface area contributed by atoms with Crippen LogP contribution in [0.25, 0.3) is 11.3 Å². The van der Waals surface area contributed by atoms with Crippen LogP contribution in [0.15, 0.2) is 28.2 Å². The van der Waals surface area contributed by atoms with Crippen molar-refractivity contribution in [3.05, 3.63) is 33.1 Å². The number of hydrogen-bond acceptors (Lipinski definition) is 3. The maximum Gasteiger partial charge on any atom is 0.412 e. The van der Waals surface area contributed by atoms with Gasteiger partial charge in [0.15, 0.2) is 3.92 Å². The van der Waals surface area contributed by atoms with Gasteiger partial charge in [0, 0.05) is 5.56 Å². The van der Waals surface area contributed by atoms with E-state index in [2.05, 4.69) is 20.9 Å². The monoisotopic (exact) mass is 310 g/mol. The van der Waals surface area contributed by atoms with Crippen molar-refractivity contribution < 1.29 is 9.90 Å². The van der Waals surface area contributed by atoms with Crippen molar-refractivity contribution in [3.63, 3.8) is 0 Å². The largest absolute Gasteiger partial charge is 0.465 e. The summed E-state index contributed by atoms with van der Waals surface area (Å²) in [5.41, 5.74) is 2.46. The molecule has 1 N–H and O–H groups in total. The third-order valence-corrected chi connectivity index (χ3v) is 4.15. The third-order valence-electron chi connectivity index (χ3n) is 2.65. The average Bonchev–Trinajstić information content (AvgIpc) is 2.68. The van der Waals surface area contributed by atoms with Crippen LogP contribution < -0.4 is 4.90 Å². The number of fused-ring (bicyclic) bond motifs is 3. The van der Waals surface area contributed by atoms with Gasteiger partial charge in [-0.1, -0.05) is 18.2 Å². The van der Waals surface area contributed by atoms with Crippen LogP contribution in [-0.4, -0.2) is 16.2 Å². The van der Waals surface area contributed by atoms with E-state index in [0.29, 0.717) is 12.2 Å². The average molecular weight is 311 g/mol. The standard InChI is InChI=1S/C11H7BrN2O2S/c12-10-13-9-6-3-1-2-4-7(6)14(11(15)16)5-8(9)17-10/h1-4H,5H2,(H,15,16). The Hall–Kier alpha value is -1.40. The van der Waals surface area contributed by atoms with E-state index in [1.54, 1.807) is 6.07 Å². The zero-order valence-electron chi connectivity index (χ0n) is 8.55. The summed E-state index contributed by atoms with van der Waals surface area (Å²) < 4.78 is 0.782. The second-order valence-electron chi connectivity index (χ2n) is 3.62. The summed E-state index contributed by atoms with van der Waals surface area (Å²) in [5, 5.41) is 9.22. The predicted molar refractivity (Wildman–Crippen MR) is 69.5 cm³/mol. The molecule has 0 unspecified atom stereocenters. The molecule has 2 heterocycles. The number of anilines is 1. The predicted octanol–water partition coefficient (Wildman–Crippen LogP) is 3.57. The van der Waals surface area contributed by atoms with Gasteiger partial charge < -0.3 is 5.11 Å². The Bertz CT molecular complexity index is 611. The summed E-state index contributed by atoms with van der Waals surface area (Å²) in [6.45, 7) is 0.366. The van der Waals surface area contributed by atoms with Crippen molar-refractivity contribution in [1.82, 2.24) is 4.98 Å². The van der Waals surface area contributed by atoms with Crippen LogP contribution in [0.5, 0.6) is 0 Å². The number of amides is 1. The van der Waals surface area contributed by atoms with Gasteiger partial charge in [0.25, 0.3) is 0 Å². The number of halogens is 1. The summed E-state index contributed by atoms with van der Waals surface area (Å²) in [6, 6.07) is 7.43. The SMILES string of the molecule is O=C(O)N1Cc2sc(Br)nc2-c2ccccc21. The van der Waals surface area contributed by atoms with Crippen LogP contribution in [0.3, 0.4) is 0 Å². The van der Waals surface area contributed by atoms with Crippen molar-refractivity contribution in [2.24, 2.45) is 0 Å². The molecule has 0 spiro atoms. The van der Waals surface area contributed by atoms with Crippen LogP contribution in [0.2, 0.25) is 0 Å². The molecular formula is C11H7BrN2O2S. The molecular weight excluding hydrogens is 304 g/mol. The number of para-hydroxylation sites is 1. The molecule has 4 nitrogen and oxygen atoms in total. The summed E-state index contributed by atoms with van der Waals surface area (Å²) >= 11 is 4.82. The van der Waals surface area contributed by atoms with E-state index in [1.165, 1.54) is 16.2 Å². The smallest absolute Gasteiger partial charge is 0.412 e. The number of aromatic nitrogens is 1. The molecule has 3 rings (SSSR count). The Morgan fingerprint density at radius 2 is 2.24 bits per heavy atom. The Kier molecular flexibility index (Phi) is 2.41. The van der Waals surface area contributed by atoms with Gasteiger partial charge >= 0.3 is 6.09 Å². The third kappa shape index (κ3) is 1.64. The van der Waals surface area contributed by atoms with Crippen molar-refractivity contribution in [3.8, 4) is 11.3 Å². The first-order valence-electron chi connectivity index (χ1n) is 4.92. The summed E-state index contributed by atoms with van der Waals surface area (Å²) in [4.78, 5) is 18.0. The first kappa shape index (κ1) is 10.7. The van der Waals surface area contributed by atoms with Gasteiger partial charge in [-0.3, -0.25) is 4.90 Å². The minimum atomic E-state index is -0.937. The molecule has 1 aliphatic heterocycles. The molecule has 0 saturated heterocycles. The lowest BCUT2D eigenvalue weighted by Crippen LogP contribution is -2.31. The molecule has 1 aliphatic rings. The second-order valence-corrected chi connectivity index (χ2v) is 5.98. The quantitative estimate of drug-likeness (QED) is 0.809. The van der Waals surface area contributed by atoms with Crippen molar-refractivity contribution in [2.75, 3.05) is 4.90 Å². The van der Waals surface area contributed by atoms with Crippen LogP contribution >= 0.6 is 27.3 Å². The Morgan fingerprint density at radius 1 is 1.47 bits per heavy atom. The molecule has 0 atom stereocenters. The zero-order valence-corrected chi connectivity index (χ0v) is 11.0. The lowest BCUT2D eigenvalue weighted by Gasteiger charge is -2.25. The fraction of sp³-hybridized carbons (Fsp3) is 0.0909. The summed E-state index contributed by atoms with van der Waals surface area (Å²) in [7, 11) is 0. The fourth-order valence-corrected chi connectivity index (χ4v) is 3.50.